The Balaban J connectivity index is 1.59. The van der Waals surface area contributed by atoms with Gasteiger partial charge in [-0.15, -0.1) is 0 Å². The van der Waals surface area contributed by atoms with E-state index in [1.165, 1.54) is 11.0 Å². The first-order valence-corrected chi connectivity index (χ1v) is 8.26. The molecule has 1 saturated heterocycles. The summed E-state index contributed by atoms with van der Waals surface area (Å²) in [6.45, 7) is 2.25. The van der Waals surface area contributed by atoms with Crippen molar-refractivity contribution in [2.45, 2.75) is 38.8 Å². The first kappa shape index (κ1) is 15.6. The molecule has 1 aliphatic rings. The van der Waals surface area contributed by atoms with Gasteiger partial charge in [-0.3, -0.25) is 9.59 Å². The van der Waals surface area contributed by atoms with E-state index in [4.69, 9.17) is 4.52 Å². The van der Waals surface area contributed by atoms with Gasteiger partial charge in [-0.25, -0.2) is 4.68 Å². The molecular formula is C16H18N6O3. The molecule has 1 atom stereocenters. The minimum Gasteiger partial charge on any atom is -0.337 e. The number of aromatic nitrogens is 5. The van der Waals surface area contributed by atoms with E-state index < -0.39 is 0 Å². The molecule has 1 amide bonds. The predicted octanol–water partition coefficient (Wildman–Crippen LogP) is 0.941. The highest BCUT2D eigenvalue weighted by atomic mass is 16.5. The molecule has 1 fully saturated rings. The standard InChI is InChI=1S/C16H18N6O3/c1-11-18-15(25-19-11)12-5-2-3-8-21(12)14(23)9-22-16(24)13-6-4-7-20(13)10-17-22/h4,6-7,10,12H,2-3,5,8-9H2,1H3/t12-/m0/s1. The van der Waals surface area contributed by atoms with Gasteiger partial charge in [-0.2, -0.15) is 10.1 Å². The van der Waals surface area contributed by atoms with Crippen molar-refractivity contribution < 1.29 is 9.32 Å². The van der Waals surface area contributed by atoms with Crippen LogP contribution in [0.25, 0.3) is 5.52 Å². The average molecular weight is 342 g/mol. The van der Waals surface area contributed by atoms with Crippen LogP contribution in [0.5, 0.6) is 0 Å². The summed E-state index contributed by atoms with van der Waals surface area (Å²) in [4.78, 5) is 31.2. The lowest BCUT2D eigenvalue weighted by molar-refractivity contribution is -0.136. The summed E-state index contributed by atoms with van der Waals surface area (Å²) < 4.78 is 8.09. The van der Waals surface area contributed by atoms with E-state index in [9.17, 15) is 9.59 Å². The molecule has 0 N–H and O–H groups in total. The van der Waals surface area contributed by atoms with Crippen molar-refractivity contribution in [1.82, 2.24) is 29.2 Å². The Morgan fingerprint density at radius 3 is 3.08 bits per heavy atom. The van der Waals surface area contributed by atoms with E-state index in [2.05, 4.69) is 15.2 Å². The van der Waals surface area contributed by atoms with Gasteiger partial charge in [0.15, 0.2) is 5.82 Å². The van der Waals surface area contributed by atoms with Crippen LogP contribution in [0.2, 0.25) is 0 Å². The summed E-state index contributed by atoms with van der Waals surface area (Å²) in [7, 11) is 0. The second-order valence-electron chi connectivity index (χ2n) is 6.17. The van der Waals surface area contributed by atoms with Crippen molar-refractivity contribution in [1.29, 1.82) is 0 Å². The zero-order valence-electron chi connectivity index (χ0n) is 13.8. The van der Waals surface area contributed by atoms with Gasteiger partial charge in [-0.1, -0.05) is 5.16 Å². The number of fused-ring (bicyclic) bond motifs is 1. The minimum atomic E-state index is -0.289. The molecule has 0 aromatic carbocycles. The molecule has 9 nitrogen and oxygen atoms in total. The van der Waals surface area contributed by atoms with Gasteiger partial charge in [-0.05, 0) is 38.3 Å². The van der Waals surface area contributed by atoms with Gasteiger partial charge in [0, 0.05) is 12.7 Å². The van der Waals surface area contributed by atoms with Crippen molar-refractivity contribution in [3.8, 4) is 0 Å². The van der Waals surface area contributed by atoms with E-state index >= 15 is 0 Å². The number of likely N-dealkylation sites (tertiary alicyclic amines) is 1. The van der Waals surface area contributed by atoms with Gasteiger partial charge >= 0.3 is 0 Å². The predicted molar refractivity (Wildman–Crippen MR) is 86.8 cm³/mol. The van der Waals surface area contributed by atoms with Gasteiger partial charge in [0.25, 0.3) is 5.56 Å². The minimum absolute atomic E-state index is 0.107. The van der Waals surface area contributed by atoms with E-state index in [0.29, 0.717) is 23.8 Å². The molecule has 4 heterocycles. The molecule has 0 radical (unpaired) electrons. The Bertz CT molecular complexity index is 972. The maximum Gasteiger partial charge on any atom is 0.291 e. The van der Waals surface area contributed by atoms with E-state index in [0.717, 1.165) is 19.3 Å². The maximum atomic E-state index is 12.8. The van der Waals surface area contributed by atoms with Crippen molar-refractivity contribution in [2.75, 3.05) is 6.54 Å². The van der Waals surface area contributed by atoms with Crippen LogP contribution in [-0.4, -0.2) is 41.7 Å². The third-order valence-corrected chi connectivity index (χ3v) is 4.48. The Morgan fingerprint density at radius 2 is 2.28 bits per heavy atom. The Labute approximate surface area is 142 Å². The van der Waals surface area contributed by atoms with Crippen LogP contribution in [0.4, 0.5) is 0 Å². The molecule has 0 spiro atoms. The maximum absolute atomic E-state index is 12.8. The lowest BCUT2D eigenvalue weighted by Crippen LogP contribution is -2.42. The second-order valence-corrected chi connectivity index (χ2v) is 6.17. The third-order valence-electron chi connectivity index (χ3n) is 4.48. The molecule has 3 aromatic heterocycles. The molecule has 0 aliphatic carbocycles. The zero-order chi connectivity index (χ0) is 17.4. The van der Waals surface area contributed by atoms with E-state index in [1.54, 1.807) is 34.6 Å². The van der Waals surface area contributed by atoms with Crippen molar-refractivity contribution in [2.24, 2.45) is 0 Å². The first-order valence-electron chi connectivity index (χ1n) is 8.26. The van der Waals surface area contributed by atoms with E-state index in [-0.39, 0.29) is 24.1 Å². The van der Waals surface area contributed by atoms with Crippen molar-refractivity contribution in [3.63, 3.8) is 0 Å². The number of piperidine rings is 1. The number of amides is 1. The van der Waals surface area contributed by atoms with Gasteiger partial charge < -0.3 is 13.8 Å². The lowest BCUT2D eigenvalue weighted by Gasteiger charge is -2.33. The largest absolute Gasteiger partial charge is 0.337 e. The third kappa shape index (κ3) is 2.81. The second kappa shape index (κ2) is 6.15. The number of aryl methyl sites for hydroxylation is 1. The van der Waals surface area contributed by atoms with Crippen LogP contribution in [0.15, 0.2) is 34.0 Å². The summed E-state index contributed by atoms with van der Waals surface area (Å²) >= 11 is 0. The van der Waals surface area contributed by atoms with Gasteiger partial charge in [0.1, 0.15) is 24.4 Å². The lowest BCUT2D eigenvalue weighted by atomic mass is 10.0. The van der Waals surface area contributed by atoms with Crippen LogP contribution < -0.4 is 5.56 Å². The molecule has 0 saturated carbocycles. The quantitative estimate of drug-likeness (QED) is 0.702. The monoisotopic (exact) mass is 342 g/mol. The Hall–Kier alpha value is -2.97. The summed E-state index contributed by atoms with van der Waals surface area (Å²) in [6.07, 6.45) is 5.95. The molecular weight excluding hydrogens is 324 g/mol. The zero-order valence-corrected chi connectivity index (χ0v) is 13.8. The Kier molecular flexibility index (Phi) is 3.83. The normalized spacial score (nSPS) is 18.0. The van der Waals surface area contributed by atoms with Gasteiger partial charge in [0.2, 0.25) is 11.8 Å². The Morgan fingerprint density at radius 1 is 1.40 bits per heavy atom. The smallest absolute Gasteiger partial charge is 0.291 e. The van der Waals surface area contributed by atoms with Crippen molar-refractivity contribution >= 4 is 11.4 Å². The summed E-state index contributed by atoms with van der Waals surface area (Å²) in [5.74, 6) is 0.823. The SMILES string of the molecule is Cc1noc([C@@H]2CCCCN2C(=O)Cn2ncn3cccc3c2=O)n1. The molecule has 25 heavy (non-hydrogen) atoms. The van der Waals surface area contributed by atoms with Gasteiger partial charge in [0.05, 0.1) is 0 Å². The van der Waals surface area contributed by atoms with Crippen LogP contribution in [0.1, 0.15) is 37.0 Å². The number of hydrogen-bond acceptors (Lipinski definition) is 6. The molecule has 130 valence electrons. The fourth-order valence-corrected chi connectivity index (χ4v) is 3.25. The molecule has 4 rings (SSSR count). The number of rotatable bonds is 3. The molecule has 0 unspecified atom stereocenters. The number of nitrogens with zero attached hydrogens (tertiary/aromatic N) is 6. The molecule has 1 aliphatic heterocycles. The molecule has 9 heteroatoms. The van der Waals surface area contributed by atoms with Crippen LogP contribution >= 0.6 is 0 Å². The highest BCUT2D eigenvalue weighted by molar-refractivity contribution is 5.76. The van der Waals surface area contributed by atoms with Crippen LogP contribution in [0, 0.1) is 6.92 Å². The molecule has 3 aromatic rings. The summed E-state index contributed by atoms with van der Waals surface area (Å²) in [6, 6.07) is 3.23. The van der Waals surface area contributed by atoms with Crippen LogP contribution in [-0.2, 0) is 11.3 Å². The summed E-state index contributed by atoms with van der Waals surface area (Å²) in [5.41, 5.74) is 0.202. The van der Waals surface area contributed by atoms with Crippen LogP contribution in [0.3, 0.4) is 0 Å². The first-order chi connectivity index (χ1) is 12.1. The molecule has 0 bridgehead atoms. The van der Waals surface area contributed by atoms with Crippen molar-refractivity contribution in [3.05, 3.63) is 46.7 Å². The highest BCUT2D eigenvalue weighted by Crippen LogP contribution is 2.30. The fourth-order valence-electron chi connectivity index (χ4n) is 3.25. The number of carbonyl (C=O) groups excluding carboxylic acids is 1. The summed E-state index contributed by atoms with van der Waals surface area (Å²) in [5, 5.41) is 7.90. The topological polar surface area (TPSA) is 98.5 Å². The fraction of sp³-hybridized carbons (Fsp3) is 0.438. The average Bonchev–Trinajstić information content (AvgIpc) is 3.26. The highest BCUT2D eigenvalue weighted by Gasteiger charge is 2.32. The van der Waals surface area contributed by atoms with E-state index in [1.807, 2.05) is 0 Å². The number of carbonyl (C=O) groups is 1. The number of hydrogen-bond donors (Lipinski definition) is 0.